The van der Waals surface area contributed by atoms with Gasteiger partial charge in [-0.05, 0) is 30.7 Å². The predicted octanol–water partition coefficient (Wildman–Crippen LogP) is 1.98. The zero-order valence-electron chi connectivity index (χ0n) is 10.0. The summed E-state index contributed by atoms with van der Waals surface area (Å²) >= 11 is 1.18. The Kier molecular flexibility index (Phi) is 3.48. The molecule has 0 aliphatic rings. The van der Waals surface area contributed by atoms with E-state index in [2.05, 4.69) is 10.3 Å². The summed E-state index contributed by atoms with van der Waals surface area (Å²) in [6.07, 6.45) is 0. The third-order valence-corrected chi connectivity index (χ3v) is 3.14. The Labute approximate surface area is 112 Å². The van der Waals surface area contributed by atoms with Crippen molar-refractivity contribution in [3.05, 3.63) is 40.4 Å². The zero-order valence-corrected chi connectivity index (χ0v) is 10.8. The number of nitrogens with one attached hydrogen (secondary N) is 1. The van der Waals surface area contributed by atoms with Crippen LogP contribution in [0.2, 0.25) is 0 Å². The van der Waals surface area contributed by atoms with E-state index in [4.69, 9.17) is 10.8 Å². The normalized spacial score (nSPS) is 10.2. The van der Waals surface area contributed by atoms with Crippen LogP contribution < -0.4 is 11.1 Å². The molecule has 0 aliphatic heterocycles. The van der Waals surface area contributed by atoms with Crippen LogP contribution in [-0.4, -0.2) is 22.0 Å². The van der Waals surface area contributed by atoms with Gasteiger partial charge in [0.15, 0.2) is 5.13 Å². The minimum Gasteiger partial charge on any atom is -0.478 e. The molecule has 98 valence electrons. The van der Waals surface area contributed by atoms with Crippen LogP contribution in [0.5, 0.6) is 0 Å². The van der Waals surface area contributed by atoms with Crippen molar-refractivity contribution in [2.24, 2.45) is 0 Å². The van der Waals surface area contributed by atoms with Gasteiger partial charge in [-0.15, -0.1) is 11.3 Å². The van der Waals surface area contributed by atoms with Gasteiger partial charge in [-0.2, -0.15) is 0 Å². The molecule has 0 unspecified atom stereocenters. The highest BCUT2D eigenvalue weighted by Crippen LogP contribution is 2.17. The molecule has 0 spiro atoms. The van der Waals surface area contributed by atoms with Gasteiger partial charge in [-0.3, -0.25) is 4.79 Å². The number of nitrogens with two attached hydrogens (primary N) is 1. The van der Waals surface area contributed by atoms with Crippen LogP contribution in [0.3, 0.4) is 0 Å². The van der Waals surface area contributed by atoms with Gasteiger partial charge < -0.3 is 16.2 Å². The van der Waals surface area contributed by atoms with E-state index in [1.165, 1.54) is 23.5 Å². The fourth-order valence-electron chi connectivity index (χ4n) is 1.57. The van der Waals surface area contributed by atoms with Crippen molar-refractivity contribution in [3.8, 4) is 0 Å². The highest BCUT2D eigenvalue weighted by atomic mass is 32.1. The maximum Gasteiger partial charge on any atom is 0.335 e. The van der Waals surface area contributed by atoms with Crippen LogP contribution >= 0.6 is 11.3 Å². The summed E-state index contributed by atoms with van der Waals surface area (Å²) in [6.45, 7) is 1.67. The highest BCUT2D eigenvalue weighted by molar-refractivity contribution is 7.13. The Morgan fingerprint density at radius 1 is 1.42 bits per heavy atom. The molecule has 0 aliphatic carbocycles. The van der Waals surface area contributed by atoms with Crippen molar-refractivity contribution in [2.75, 3.05) is 11.1 Å². The summed E-state index contributed by atoms with van der Waals surface area (Å²) in [5, 5.41) is 13.4. The lowest BCUT2D eigenvalue weighted by molar-refractivity contribution is 0.0696. The van der Waals surface area contributed by atoms with E-state index < -0.39 is 5.97 Å². The molecule has 0 saturated heterocycles. The molecular weight excluding hydrogens is 266 g/mol. The first-order valence-electron chi connectivity index (χ1n) is 5.33. The SMILES string of the molecule is Cc1cc(NC(=O)c2csc(N)n2)ccc1C(=O)O. The molecule has 2 rings (SSSR count). The maximum atomic E-state index is 11.8. The maximum absolute atomic E-state index is 11.8. The van der Waals surface area contributed by atoms with Crippen molar-refractivity contribution in [2.45, 2.75) is 6.92 Å². The summed E-state index contributed by atoms with van der Waals surface area (Å²) in [6, 6.07) is 4.57. The van der Waals surface area contributed by atoms with Crippen LogP contribution in [0.15, 0.2) is 23.6 Å². The number of nitrogen functional groups attached to an aromatic ring is 1. The number of aryl methyl sites for hydroxylation is 1. The van der Waals surface area contributed by atoms with Crippen molar-refractivity contribution in [3.63, 3.8) is 0 Å². The molecule has 1 aromatic carbocycles. The number of hydrogen-bond donors (Lipinski definition) is 3. The number of aromatic carboxylic acids is 1. The third-order valence-electron chi connectivity index (χ3n) is 2.47. The molecule has 0 saturated carbocycles. The lowest BCUT2D eigenvalue weighted by Gasteiger charge is -2.06. The molecule has 0 radical (unpaired) electrons. The Bertz CT molecular complexity index is 651. The largest absolute Gasteiger partial charge is 0.478 e. The molecule has 1 aromatic heterocycles. The second-order valence-corrected chi connectivity index (χ2v) is 4.75. The summed E-state index contributed by atoms with van der Waals surface area (Å²) < 4.78 is 0. The minimum atomic E-state index is -0.998. The highest BCUT2D eigenvalue weighted by Gasteiger charge is 2.12. The molecule has 19 heavy (non-hydrogen) atoms. The number of benzene rings is 1. The molecule has 4 N–H and O–H groups in total. The minimum absolute atomic E-state index is 0.205. The average Bonchev–Trinajstić information content (AvgIpc) is 2.75. The number of thiazole rings is 1. The van der Waals surface area contributed by atoms with Crippen LogP contribution in [0.4, 0.5) is 10.8 Å². The topological polar surface area (TPSA) is 105 Å². The van der Waals surface area contributed by atoms with E-state index in [9.17, 15) is 9.59 Å². The number of carboxylic acid groups (broad SMARTS) is 1. The van der Waals surface area contributed by atoms with E-state index in [0.29, 0.717) is 16.4 Å². The van der Waals surface area contributed by atoms with Gasteiger partial charge in [0.25, 0.3) is 5.91 Å². The van der Waals surface area contributed by atoms with Gasteiger partial charge in [-0.1, -0.05) is 0 Å². The second-order valence-electron chi connectivity index (χ2n) is 3.86. The van der Waals surface area contributed by atoms with Crippen LogP contribution in [0.1, 0.15) is 26.4 Å². The van der Waals surface area contributed by atoms with Crippen LogP contribution in [0.25, 0.3) is 0 Å². The Balaban J connectivity index is 2.18. The second kappa shape index (κ2) is 5.07. The first-order valence-corrected chi connectivity index (χ1v) is 6.21. The Morgan fingerprint density at radius 2 is 2.16 bits per heavy atom. The zero-order chi connectivity index (χ0) is 14.0. The molecule has 0 atom stereocenters. The fraction of sp³-hybridized carbons (Fsp3) is 0.0833. The van der Waals surface area contributed by atoms with E-state index in [-0.39, 0.29) is 17.2 Å². The summed E-state index contributed by atoms with van der Waals surface area (Å²) in [5.41, 5.74) is 6.98. The number of hydrogen-bond acceptors (Lipinski definition) is 5. The molecule has 1 amide bonds. The molecule has 6 nitrogen and oxygen atoms in total. The smallest absolute Gasteiger partial charge is 0.335 e. The lowest BCUT2D eigenvalue weighted by atomic mass is 10.1. The quantitative estimate of drug-likeness (QED) is 0.795. The molecule has 7 heteroatoms. The van der Waals surface area contributed by atoms with Gasteiger partial charge in [0, 0.05) is 11.1 Å². The van der Waals surface area contributed by atoms with Gasteiger partial charge in [0.05, 0.1) is 5.56 Å². The molecule has 2 aromatic rings. The Morgan fingerprint density at radius 3 is 2.68 bits per heavy atom. The summed E-state index contributed by atoms with van der Waals surface area (Å²) in [4.78, 5) is 26.6. The van der Waals surface area contributed by atoms with Gasteiger partial charge in [0.1, 0.15) is 5.69 Å². The van der Waals surface area contributed by atoms with Crippen molar-refractivity contribution in [1.29, 1.82) is 0 Å². The predicted molar refractivity (Wildman–Crippen MR) is 72.6 cm³/mol. The molecule has 0 bridgehead atoms. The number of rotatable bonds is 3. The number of aromatic nitrogens is 1. The summed E-state index contributed by atoms with van der Waals surface area (Å²) in [7, 11) is 0. The monoisotopic (exact) mass is 277 g/mol. The van der Waals surface area contributed by atoms with E-state index in [0.717, 1.165) is 0 Å². The van der Waals surface area contributed by atoms with E-state index in [1.807, 2.05) is 0 Å². The standard InChI is InChI=1S/C12H11N3O3S/c1-6-4-7(2-3-8(6)11(17)18)14-10(16)9-5-19-12(13)15-9/h2-5H,1H3,(H2,13,15)(H,14,16)(H,17,18). The van der Waals surface area contributed by atoms with Crippen LogP contribution in [0, 0.1) is 6.92 Å². The van der Waals surface area contributed by atoms with Gasteiger partial charge in [0.2, 0.25) is 0 Å². The molecular formula is C12H11N3O3S. The lowest BCUT2D eigenvalue weighted by Crippen LogP contribution is -2.13. The van der Waals surface area contributed by atoms with E-state index >= 15 is 0 Å². The molecule has 1 heterocycles. The van der Waals surface area contributed by atoms with E-state index in [1.54, 1.807) is 18.4 Å². The van der Waals surface area contributed by atoms with Gasteiger partial charge >= 0.3 is 5.97 Å². The van der Waals surface area contributed by atoms with Crippen molar-refractivity contribution in [1.82, 2.24) is 4.98 Å². The number of anilines is 2. The molecule has 0 fully saturated rings. The number of nitrogens with zero attached hydrogens (tertiary/aromatic N) is 1. The average molecular weight is 277 g/mol. The van der Waals surface area contributed by atoms with Gasteiger partial charge in [-0.25, -0.2) is 9.78 Å². The first-order chi connectivity index (χ1) is 8.97. The Hall–Kier alpha value is -2.41. The van der Waals surface area contributed by atoms with Crippen molar-refractivity contribution < 1.29 is 14.7 Å². The van der Waals surface area contributed by atoms with Crippen molar-refractivity contribution >= 4 is 34.0 Å². The first kappa shape index (κ1) is 13.0. The third kappa shape index (κ3) is 2.89. The number of amides is 1. The number of carbonyl (C=O) groups excluding carboxylic acids is 1. The van der Waals surface area contributed by atoms with Crippen LogP contribution in [-0.2, 0) is 0 Å². The number of carboxylic acids is 1. The fourth-order valence-corrected chi connectivity index (χ4v) is 2.11. The number of carbonyl (C=O) groups is 2. The summed E-state index contributed by atoms with van der Waals surface area (Å²) in [5.74, 6) is -1.38.